The highest BCUT2D eigenvalue weighted by Crippen LogP contribution is 2.50. The number of carbonyl (C=O) groups is 1. The molecule has 3 fully saturated rings. The molecule has 1 aromatic carbocycles. The average Bonchev–Trinajstić information content (AvgIpc) is 3.29. The Hall–Kier alpha value is -2.52. The number of hydrogen-bond acceptors (Lipinski definition) is 5. The quantitative estimate of drug-likeness (QED) is 0.765. The van der Waals surface area contributed by atoms with Crippen LogP contribution in [0, 0.1) is 17.2 Å². The number of fused-ring (bicyclic) bond motifs is 5. The lowest BCUT2D eigenvalue weighted by Crippen LogP contribution is -2.49. The van der Waals surface area contributed by atoms with Crippen molar-refractivity contribution in [1.29, 1.82) is 5.26 Å². The zero-order valence-electron chi connectivity index (χ0n) is 15.0. The molecule has 3 heterocycles. The van der Waals surface area contributed by atoms with Crippen LogP contribution in [0.3, 0.4) is 0 Å². The molecule has 5 atom stereocenters. The van der Waals surface area contributed by atoms with E-state index in [0.29, 0.717) is 6.07 Å². The summed E-state index contributed by atoms with van der Waals surface area (Å²) in [6.45, 7) is -0.110. The number of ether oxygens (including phenoxy) is 1. The van der Waals surface area contributed by atoms with E-state index < -0.39 is 62.8 Å². The zero-order chi connectivity index (χ0) is 21.3. The second-order valence-corrected chi connectivity index (χ2v) is 9.39. The largest absolute Gasteiger partial charge is 0.465 e. The molecule has 29 heavy (non-hydrogen) atoms. The Labute approximate surface area is 164 Å². The Kier molecular flexibility index (Phi) is 4.25. The van der Waals surface area contributed by atoms with Gasteiger partial charge in [0.05, 0.1) is 41.1 Å². The van der Waals surface area contributed by atoms with Crippen LogP contribution in [0.25, 0.3) is 0 Å². The van der Waals surface area contributed by atoms with Crippen molar-refractivity contribution in [2.24, 2.45) is 5.92 Å². The van der Waals surface area contributed by atoms with Crippen molar-refractivity contribution >= 4 is 21.8 Å². The number of anilines is 1. The Morgan fingerprint density at radius 3 is 2.69 bits per heavy atom. The number of carboxylic acid groups (broad SMARTS) is 1. The molecule has 12 heteroatoms. The van der Waals surface area contributed by atoms with Crippen LogP contribution < -0.4 is 4.31 Å². The molecule has 0 spiro atoms. The van der Waals surface area contributed by atoms with Gasteiger partial charge in [-0.3, -0.25) is 4.31 Å². The lowest BCUT2D eigenvalue weighted by atomic mass is 9.84. The summed E-state index contributed by atoms with van der Waals surface area (Å²) >= 11 is 0. The second kappa shape index (κ2) is 6.24. The third kappa shape index (κ3) is 2.83. The van der Waals surface area contributed by atoms with Crippen molar-refractivity contribution in [3.63, 3.8) is 0 Å². The van der Waals surface area contributed by atoms with E-state index in [2.05, 4.69) is 0 Å². The van der Waals surface area contributed by atoms with Crippen molar-refractivity contribution in [3.8, 4) is 6.07 Å². The third-order valence-electron chi connectivity index (χ3n) is 5.94. The summed E-state index contributed by atoms with van der Waals surface area (Å²) in [5.41, 5.74) is -1.97. The molecule has 0 aliphatic carbocycles. The topological polar surface area (TPSA) is 111 Å². The van der Waals surface area contributed by atoms with Gasteiger partial charge in [0.25, 0.3) is 0 Å². The SMILES string of the molecule is CN(C(=O)O)[C@@H]1C[C@H]2O[C@@H]1[C@@H]1CN(c3ccc(C#N)c(C(F)(F)F)c3)S(=O)(=O)[C@@H]12. The standard InChI is InChI=1S/C17H16F3N3O5S/c1-22(16(24)25)12-5-13-15-10(14(12)28-13)7-23(29(15,26)27)9-3-2-8(6-21)11(4-9)17(18,19)20/h2-4,10,12-15H,5,7H2,1H3,(H,24,25)/t10-,12+,13+,14+,15-/m0/s1. The summed E-state index contributed by atoms with van der Waals surface area (Å²) in [5, 5.41) is 17.2. The first kappa shape index (κ1) is 19.8. The lowest BCUT2D eigenvalue weighted by molar-refractivity contribution is -0.137. The molecule has 3 aliphatic rings. The maximum Gasteiger partial charge on any atom is 0.417 e. The summed E-state index contributed by atoms with van der Waals surface area (Å²) in [6, 6.07) is 3.75. The van der Waals surface area contributed by atoms with Crippen LogP contribution in [0.5, 0.6) is 0 Å². The van der Waals surface area contributed by atoms with Gasteiger partial charge in [-0.25, -0.2) is 13.2 Å². The van der Waals surface area contributed by atoms with E-state index in [1.54, 1.807) is 0 Å². The van der Waals surface area contributed by atoms with Gasteiger partial charge < -0.3 is 14.7 Å². The molecule has 156 valence electrons. The Morgan fingerprint density at radius 2 is 2.10 bits per heavy atom. The van der Waals surface area contributed by atoms with Crippen molar-refractivity contribution < 1.29 is 36.2 Å². The zero-order valence-corrected chi connectivity index (χ0v) is 15.8. The van der Waals surface area contributed by atoms with E-state index in [-0.39, 0.29) is 18.7 Å². The van der Waals surface area contributed by atoms with Crippen LogP contribution >= 0.6 is 0 Å². The minimum absolute atomic E-state index is 0.110. The molecular formula is C17H16F3N3O5S. The lowest BCUT2D eigenvalue weighted by Gasteiger charge is -2.31. The van der Waals surface area contributed by atoms with E-state index in [1.807, 2.05) is 0 Å². The van der Waals surface area contributed by atoms with Crippen molar-refractivity contribution in [1.82, 2.24) is 4.90 Å². The van der Waals surface area contributed by atoms with E-state index in [0.717, 1.165) is 15.3 Å². The molecule has 1 aromatic rings. The molecular weight excluding hydrogens is 415 g/mol. The van der Waals surface area contributed by atoms with Gasteiger partial charge in [0, 0.05) is 19.5 Å². The molecule has 0 aromatic heterocycles. The predicted octanol–water partition coefficient (Wildman–Crippen LogP) is 1.86. The van der Waals surface area contributed by atoms with E-state index in [1.165, 1.54) is 19.2 Å². The monoisotopic (exact) mass is 431 g/mol. The van der Waals surface area contributed by atoms with Gasteiger partial charge in [-0.2, -0.15) is 18.4 Å². The minimum Gasteiger partial charge on any atom is -0.465 e. The number of benzene rings is 1. The number of alkyl halides is 3. The molecule has 1 N–H and O–H groups in total. The van der Waals surface area contributed by atoms with E-state index in [9.17, 15) is 31.5 Å². The predicted molar refractivity (Wildman–Crippen MR) is 92.6 cm³/mol. The highest BCUT2D eigenvalue weighted by Gasteiger charge is 2.65. The first-order valence-electron chi connectivity index (χ1n) is 8.71. The van der Waals surface area contributed by atoms with Crippen LogP contribution in [-0.2, 0) is 20.9 Å². The minimum atomic E-state index is -4.81. The first-order chi connectivity index (χ1) is 13.5. The maximum atomic E-state index is 13.3. The summed E-state index contributed by atoms with van der Waals surface area (Å²) in [7, 11) is -2.63. The van der Waals surface area contributed by atoms with Crippen LogP contribution in [0.2, 0.25) is 0 Å². The molecule has 4 rings (SSSR count). The smallest absolute Gasteiger partial charge is 0.417 e. The van der Waals surface area contributed by atoms with Crippen molar-refractivity contribution in [2.45, 2.75) is 36.1 Å². The van der Waals surface area contributed by atoms with Gasteiger partial charge in [-0.1, -0.05) is 0 Å². The second-order valence-electron chi connectivity index (χ2n) is 7.38. The summed E-state index contributed by atoms with van der Waals surface area (Å²) in [4.78, 5) is 12.4. The Balaban J connectivity index is 1.69. The highest BCUT2D eigenvalue weighted by molar-refractivity contribution is 7.93. The normalized spacial score (nSPS) is 32.1. The molecule has 3 aliphatic heterocycles. The molecule has 8 nitrogen and oxygen atoms in total. The van der Waals surface area contributed by atoms with Gasteiger partial charge in [0.15, 0.2) is 0 Å². The molecule has 0 radical (unpaired) electrons. The van der Waals surface area contributed by atoms with Crippen LogP contribution in [-0.4, -0.2) is 61.6 Å². The number of nitrogens with zero attached hydrogens (tertiary/aromatic N) is 3. The fourth-order valence-corrected chi connectivity index (χ4v) is 6.96. The summed E-state index contributed by atoms with van der Waals surface area (Å²) < 4.78 is 72.6. The van der Waals surface area contributed by atoms with Gasteiger partial charge in [-0.15, -0.1) is 0 Å². The fourth-order valence-electron chi connectivity index (χ4n) is 4.64. The van der Waals surface area contributed by atoms with Gasteiger partial charge in [-0.05, 0) is 24.6 Å². The number of rotatable bonds is 2. The fraction of sp³-hybridized carbons (Fsp3) is 0.529. The van der Waals surface area contributed by atoms with Crippen molar-refractivity contribution in [2.75, 3.05) is 17.9 Å². The number of sulfonamides is 1. The molecule has 3 saturated heterocycles. The summed E-state index contributed by atoms with van der Waals surface area (Å²) in [6.07, 6.45) is -7.12. The van der Waals surface area contributed by atoms with Crippen LogP contribution in [0.4, 0.5) is 23.7 Å². The summed E-state index contributed by atoms with van der Waals surface area (Å²) in [5.74, 6) is -0.560. The molecule has 0 saturated carbocycles. The average molecular weight is 431 g/mol. The maximum absolute atomic E-state index is 13.3. The number of halogens is 3. The van der Waals surface area contributed by atoms with Gasteiger partial charge in [0.2, 0.25) is 10.0 Å². The van der Waals surface area contributed by atoms with E-state index >= 15 is 0 Å². The molecule has 1 amide bonds. The van der Waals surface area contributed by atoms with Crippen LogP contribution in [0.15, 0.2) is 18.2 Å². The Morgan fingerprint density at radius 1 is 1.41 bits per heavy atom. The number of hydrogen-bond donors (Lipinski definition) is 1. The highest BCUT2D eigenvalue weighted by atomic mass is 32.2. The van der Waals surface area contributed by atoms with Gasteiger partial charge in [0.1, 0.15) is 5.25 Å². The first-order valence-corrected chi connectivity index (χ1v) is 10.2. The Bertz CT molecular complexity index is 1020. The molecule has 0 unspecified atom stereocenters. The van der Waals surface area contributed by atoms with Crippen molar-refractivity contribution in [3.05, 3.63) is 29.3 Å². The van der Waals surface area contributed by atoms with Gasteiger partial charge >= 0.3 is 12.3 Å². The molecule has 2 bridgehead atoms. The van der Waals surface area contributed by atoms with E-state index in [4.69, 9.17) is 10.00 Å². The third-order valence-corrected chi connectivity index (χ3v) is 8.25. The number of amides is 1. The number of nitriles is 1. The van der Waals surface area contributed by atoms with Crippen LogP contribution in [0.1, 0.15) is 17.5 Å². The number of likely N-dealkylation sites (N-methyl/N-ethyl adjacent to an activating group) is 1.